The molecule has 1 heterocycles. The van der Waals surface area contributed by atoms with Crippen molar-refractivity contribution in [3.8, 4) is 0 Å². The Hall–Kier alpha value is -3.25. The van der Waals surface area contributed by atoms with Gasteiger partial charge in [-0.25, -0.2) is 9.69 Å². The Labute approximate surface area is 198 Å². The Balaban J connectivity index is 1.77. The summed E-state index contributed by atoms with van der Waals surface area (Å²) >= 11 is 1.39. The number of thiophene rings is 1. The molecule has 0 fully saturated rings. The van der Waals surface area contributed by atoms with Gasteiger partial charge in [-0.1, -0.05) is 60.7 Å². The summed E-state index contributed by atoms with van der Waals surface area (Å²) in [7, 11) is 0. The van der Waals surface area contributed by atoms with Crippen LogP contribution in [0.2, 0.25) is 0 Å². The smallest absolute Gasteiger partial charge is 0.341 e. The molecule has 2 aromatic carbocycles. The number of esters is 1. The molecule has 0 spiro atoms. The molecule has 0 aliphatic heterocycles. The standard InChI is InChI=1S/C27H27NO4S/c1-2-32-27(31)25-21-15-9-10-16-22(21)33-26(25)28(23(29)17-19-11-5-3-6-12-19)24(30)18-20-13-7-4-8-14-20/h3-8,11-14H,2,9-10,15-18H2,1H3. The van der Waals surface area contributed by atoms with Gasteiger partial charge in [-0.05, 0) is 49.3 Å². The van der Waals surface area contributed by atoms with Gasteiger partial charge in [0.15, 0.2) is 0 Å². The zero-order valence-corrected chi connectivity index (χ0v) is 19.5. The molecule has 1 aromatic heterocycles. The number of aryl methyl sites for hydroxylation is 1. The van der Waals surface area contributed by atoms with Crippen molar-refractivity contribution < 1.29 is 19.1 Å². The Morgan fingerprint density at radius 2 is 1.39 bits per heavy atom. The zero-order chi connectivity index (χ0) is 23.2. The average molecular weight is 462 g/mol. The van der Waals surface area contributed by atoms with Crippen LogP contribution in [0.15, 0.2) is 60.7 Å². The summed E-state index contributed by atoms with van der Waals surface area (Å²) in [6.07, 6.45) is 3.77. The number of imide groups is 1. The fraction of sp³-hybridized carbons (Fsp3) is 0.296. The van der Waals surface area contributed by atoms with E-state index in [1.165, 1.54) is 16.2 Å². The van der Waals surface area contributed by atoms with Gasteiger partial charge in [0.1, 0.15) is 5.00 Å². The average Bonchev–Trinajstić information content (AvgIpc) is 3.19. The maximum atomic E-state index is 13.5. The van der Waals surface area contributed by atoms with Gasteiger partial charge < -0.3 is 4.74 Å². The summed E-state index contributed by atoms with van der Waals surface area (Å²) in [6, 6.07) is 18.7. The first-order chi connectivity index (χ1) is 16.1. The van der Waals surface area contributed by atoms with Crippen LogP contribution in [-0.2, 0) is 40.0 Å². The molecule has 0 bridgehead atoms. The lowest BCUT2D eigenvalue weighted by molar-refractivity contribution is -0.125. The minimum Gasteiger partial charge on any atom is -0.462 e. The lowest BCUT2D eigenvalue weighted by atomic mass is 9.95. The van der Waals surface area contributed by atoms with E-state index < -0.39 is 5.97 Å². The van der Waals surface area contributed by atoms with Gasteiger partial charge in [0.25, 0.3) is 0 Å². The third-order valence-corrected chi connectivity index (χ3v) is 7.01. The molecule has 6 heteroatoms. The second-order valence-corrected chi connectivity index (χ2v) is 9.14. The first-order valence-corrected chi connectivity index (χ1v) is 12.2. The molecule has 0 saturated carbocycles. The highest BCUT2D eigenvalue weighted by Crippen LogP contribution is 2.41. The number of amides is 2. The molecule has 3 aromatic rings. The van der Waals surface area contributed by atoms with Gasteiger partial charge in [0, 0.05) is 4.88 Å². The van der Waals surface area contributed by atoms with Crippen LogP contribution in [0.1, 0.15) is 51.7 Å². The van der Waals surface area contributed by atoms with E-state index in [0.29, 0.717) is 10.6 Å². The number of carbonyl (C=O) groups is 3. The molecule has 0 unspecified atom stereocenters. The van der Waals surface area contributed by atoms with Crippen molar-refractivity contribution in [1.82, 2.24) is 0 Å². The number of anilines is 1. The second-order valence-electron chi connectivity index (χ2n) is 8.06. The third kappa shape index (κ3) is 5.22. The van der Waals surface area contributed by atoms with E-state index in [9.17, 15) is 14.4 Å². The van der Waals surface area contributed by atoms with Gasteiger partial charge in [-0.15, -0.1) is 11.3 Å². The summed E-state index contributed by atoms with van der Waals surface area (Å²) in [4.78, 5) is 42.4. The summed E-state index contributed by atoms with van der Waals surface area (Å²) in [5, 5.41) is 0.405. The van der Waals surface area contributed by atoms with E-state index in [1.54, 1.807) is 6.92 Å². The highest BCUT2D eigenvalue weighted by molar-refractivity contribution is 7.17. The Bertz CT molecular complexity index is 1080. The van der Waals surface area contributed by atoms with E-state index in [-0.39, 0.29) is 31.3 Å². The summed E-state index contributed by atoms with van der Waals surface area (Å²) < 4.78 is 5.36. The van der Waals surface area contributed by atoms with Crippen LogP contribution in [-0.4, -0.2) is 24.4 Å². The molecule has 0 saturated heterocycles. The highest BCUT2D eigenvalue weighted by Gasteiger charge is 2.34. The van der Waals surface area contributed by atoms with Crippen molar-refractivity contribution in [3.63, 3.8) is 0 Å². The molecular weight excluding hydrogens is 434 g/mol. The van der Waals surface area contributed by atoms with Gasteiger partial charge in [0.2, 0.25) is 11.8 Å². The largest absolute Gasteiger partial charge is 0.462 e. The monoisotopic (exact) mass is 461 g/mol. The van der Waals surface area contributed by atoms with Crippen molar-refractivity contribution in [3.05, 3.63) is 87.8 Å². The number of nitrogens with zero attached hydrogens (tertiary/aromatic N) is 1. The highest BCUT2D eigenvalue weighted by atomic mass is 32.1. The number of hydrogen-bond acceptors (Lipinski definition) is 5. The van der Waals surface area contributed by atoms with Crippen LogP contribution < -0.4 is 4.90 Å². The van der Waals surface area contributed by atoms with Crippen molar-refractivity contribution >= 4 is 34.1 Å². The lowest BCUT2D eigenvalue weighted by Gasteiger charge is -2.21. The minimum absolute atomic E-state index is 0.0756. The predicted octanol–water partition coefficient (Wildman–Crippen LogP) is 5.15. The first-order valence-electron chi connectivity index (χ1n) is 11.3. The number of fused-ring (bicyclic) bond motifs is 1. The Kier molecular flexibility index (Phi) is 7.35. The topological polar surface area (TPSA) is 63.7 Å². The molecule has 1 aliphatic rings. The van der Waals surface area contributed by atoms with Crippen molar-refractivity contribution in [2.45, 2.75) is 45.4 Å². The number of benzene rings is 2. The number of rotatable bonds is 7. The maximum absolute atomic E-state index is 13.5. The molecule has 2 amide bonds. The molecular formula is C27H27NO4S. The van der Waals surface area contributed by atoms with Crippen LogP contribution in [0, 0.1) is 0 Å². The molecule has 0 N–H and O–H groups in total. The molecule has 5 nitrogen and oxygen atoms in total. The molecule has 170 valence electrons. The Morgan fingerprint density at radius 1 is 0.848 bits per heavy atom. The zero-order valence-electron chi connectivity index (χ0n) is 18.7. The predicted molar refractivity (Wildman–Crippen MR) is 130 cm³/mol. The van der Waals surface area contributed by atoms with Crippen LogP contribution in [0.4, 0.5) is 5.00 Å². The van der Waals surface area contributed by atoms with Crippen molar-refractivity contribution in [2.24, 2.45) is 0 Å². The molecule has 4 rings (SSSR count). The van der Waals surface area contributed by atoms with Gasteiger partial charge in [-0.2, -0.15) is 0 Å². The number of ether oxygens (including phenoxy) is 1. The molecule has 1 aliphatic carbocycles. The van der Waals surface area contributed by atoms with Crippen molar-refractivity contribution in [1.29, 1.82) is 0 Å². The van der Waals surface area contributed by atoms with Gasteiger partial charge in [0.05, 0.1) is 25.0 Å². The van der Waals surface area contributed by atoms with Gasteiger partial charge in [-0.3, -0.25) is 9.59 Å². The maximum Gasteiger partial charge on any atom is 0.341 e. The minimum atomic E-state index is -0.461. The first kappa shape index (κ1) is 22.9. The van der Waals surface area contributed by atoms with Crippen molar-refractivity contribution in [2.75, 3.05) is 11.5 Å². The fourth-order valence-corrected chi connectivity index (χ4v) is 5.60. The lowest BCUT2D eigenvalue weighted by Crippen LogP contribution is -2.39. The van der Waals surface area contributed by atoms with Crippen LogP contribution in [0.5, 0.6) is 0 Å². The second kappa shape index (κ2) is 10.6. The third-order valence-electron chi connectivity index (χ3n) is 5.73. The van der Waals surface area contributed by atoms with Crippen LogP contribution in [0.25, 0.3) is 0 Å². The number of carbonyl (C=O) groups excluding carboxylic acids is 3. The van der Waals surface area contributed by atoms with E-state index in [4.69, 9.17) is 4.74 Å². The van der Waals surface area contributed by atoms with E-state index >= 15 is 0 Å². The van der Waals surface area contributed by atoms with E-state index in [0.717, 1.165) is 47.3 Å². The van der Waals surface area contributed by atoms with E-state index in [2.05, 4.69) is 0 Å². The molecule has 33 heavy (non-hydrogen) atoms. The Morgan fingerprint density at radius 3 is 1.94 bits per heavy atom. The normalized spacial score (nSPS) is 12.6. The van der Waals surface area contributed by atoms with Crippen LogP contribution in [0.3, 0.4) is 0 Å². The summed E-state index contributed by atoms with van der Waals surface area (Å²) in [5.74, 6) is -1.14. The van der Waals surface area contributed by atoms with Gasteiger partial charge >= 0.3 is 5.97 Å². The quantitative estimate of drug-likeness (QED) is 0.457. The van der Waals surface area contributed by atoms with Crippen LogP contribution >= 0.6 is 11.3 Å². The summed E-state index contributed by atoms with van der Waals surface area (Å²) in [5.41, 5.74) is 2.96. The SMILES string of the molecule is CCOC(=O)c1c(N(C(=O)Cc2ccccc2)C(=O)Cc2ccccc2)sc2c1CCCC2. The van der Waals surface area contributed by atoms with E-state index in [1.807, 2.05) is 60.7 Å². The fourth-order valence-electron chi connectivity index (χ4n) is 4.19. The molecule has 0 atom stereocenters. The summed E-state index contributed by atoms with van der Waals surface area (Å²) in [6.45, 7) is 1.99. The number of hydrogen-bond donors (Lipinski definition) is 0. The molecule has 0 radical (unpaired) electrons.